The van der Waals surface area contributed by atoms with Gasteiger partial charge in [-0.1, -0.05) is 13.8 Å². The molecule has 0 radical (unpaired) electrons. The lowest BCUT2D eigenvalue weighted by atomic mass is 10.2. The van der Waals surface area contributed by atoms with Gasteiger partial charge in [-0.3, -0.25) is 9.00 Å². The van der Waals surface area contributed by atoms with E-state index >= 15 is 0 Å². The van der Waals surface area contributed by atoms with Crippen molar-refractivity contribution >= 4 is 28.1 Å². The first kappa shape index (κ1) is 14.5. The minimum Gasteiger partial charge on any atom is -0.497 e. The maximum absolute atomic E-state index is 11.6. The number of ether oxygens (including phenoxy) is 1. The first-order valence-corrected chi connectivity index (χ1v) is 6.92. The summed E-state index contributed by atoms with van der Waals surface area (Å²) in [6.07, 6.45) is 0. The highest BCUT2D eigenvalue weighted by atomic mass is 32.2. The molecule has 1 aromatic carbocycles. The molecule has 0 aliphatic carbocycles. The summed E-state index contributed by atoms with van der Waals surface area (Å²) >= 11 is 0. The van der Waals surface area contributed by atoms with E-state index in [0.717, 1.165) is 0 Å². The standard InChI is InChI=1S/C12H18N2O3S/c1-8(2)18(16)7-12(15)14-11-5-4-9(17-3)6-10(11)13/h4-6,8H,7,13H2,1-3H3,(H,14,15). The van der Waals surface area contributed by atoms with Crippen LogP contribution >= 0.6 is 0 Å². The SMILES string of the molecule is COc1ccc(NC(=O)CS(=O)C(C)C)c(N)c1. The number of methoxy groups -OCH3 is 1. The quantitative estimate of drug-likeness (QED) is 0.792. The van der Waals surface area contributed by atoms with Crippen molar-refractivity contribution in [1.82, 2.24) is 0 Å². The molecule has 0 aliphatic heterocycles. The van der Waals surface area contributed by atoms with Crippen LogP contribution in [0.4, 0.5) is 11.4 Å². The first-order valence-electron chi connectivity index (χ1n) is 5.54. The summed E-state index contributed by atoms with van der Waals surface area (Å²) in [4.78, 5) is 11.6. The van der Waals surface area contributed by atoms with Crippen molar-refractivity contribution in [1.29, 1.82) is 0 Å². The van der Waals surface area contributed by atoms with Crippen molar-refractivity contribution in [2.45, 2.75) is 19.1 Å². The molecule has 0 saturated heterocycles. The van der Waals surface area contributed by atoms with Crippen molar-refractivity contribution in [3.63, 3.8) is 0 Å². The van der Waals surface area contributed by atoms with Crippen LogP contribution < -0.4 is 15.8 Å². The Balaban J connectivity index is 2.68. The van der Waals surface area contributed by atoms with E-state index in [2.05, 4.69) is 5.32 Å². The van der Waals surface area contributed by atoms with Crippen LogP contribution in [0.2, 0.25) is 0 Å². The van der Waals surface area contributed by atoms with Gasteiger partial charge in [-0.2, -0.15) is 0 Å². The molecular weight excluding hydrogens is 252 g/mol. The topological polar surface area (TPSA) is 81.4 Å². The zero-order valence-corrected chi connectivity index (χ0v) is 11.5. The third-order valence-electron chi connectivity index (χ3n) is 2.33. The Hall–Kier alpha value is -1.56. The molecule has 0 heterocycles. The fraction of sp³-hybridized carbons (Fsp3) is 0.417. The van der Waals surface area contributed by atoms with E-state index in [1.165, 1.54) is 0 Å². The minimum absolute atomic E-state index is 0.0247. The second-order valence-corrected chi connectivity index (χ2v) is 6.07. The lowest BCUT2D eigenvalue weighted by Crippen LogP contribution is -2.23. The normalized spacial score (nSPS) is 12.2. The summed E-state index contributed by atoms with van der Waals surface area (Å²) in [5.41, 5.74) is 6.68. The van der Waals surface area contributed by atoms with E-state index in [1.54, 1.807) is 25.3 Å². The molecule has 1 amide bonds. The van der Waals surface area contributed by atoms with Crippen LogP contribution in [0.25, 0.3) is 0 Å². The maximum atomic E-state index is 11.6. The minimum atomic E-state index is -1.17. The van der Waals surface area contributed by atoms with Crippen LogP contribution in [0.1, 0.15) is 13.8 Å². The Morgan fingerprint density at radius 3 is 2.67 bits per heavy atom. The summed E-state index contributed by atoms with van der Waals surface area (Å²) in [7, 11) is 0.375. The highest BCUT2D eigenvalue weighted by molar-refractivity contribution is 7.86. The maximum Gasteiger partial charge on any atom is 0.237 e. The van der Waals surface area contributed by atoms with Crippen molar-refractivity contribution in [3.8, 4) is 5.75 Å². The number of nitrogens with two attached hydrogens (primary N) is 1. The number of benzene rings is 1. The number of nitrogens with one attached hydrogen (secondary N) is 1. The van der Waals surface area contributed by atoms with E-state index in [-0.39, 0.29) is 16.9 Å². The predicted octanol–water partition coefficient (Wildman–Crippen LogP) is 1.37. The molecule has 0 bridgehead atoms. The molecule has 1 aromatic rings. The fourth-order valence-electron chi connectivity index (χ4n) is 1.26. The average Bonchev–Trinajstić information content (AvgIpc) is 2.31. The Bertz CT molecular complexity index is 461. The number of nitrogen functional groups attached to an aromatic ring is 1. The molecule has 0 aromatic heterocycles. The van der Waals surface area contributed by atoms with Gasteiger partial charge in [0.15, 0.2) is 0 Å². The van der Waals surface area contributed by atoms with E-state index in [0.29, 0.717) is 17.1 Å². The summed E-state index contributed by atoms with van der Waals surface area (Å²) in [6.45, 7) is 3.62. The Kier molecular flexibility index (Phi) is 5.15. The monoisotopic (exact) mass is 270 g/mol. The molecule has 0 fully saturated rings. The van der Waals surface area contributed by atoms with Crippen molar-refractivity contribution < 1.29 is 13.7 Å². The van der Waals surface area contributed by atoms with Gasteiger partial charge in [-0.15, -0.1) is 0 Å². The van der Waals surface area contributed by atoms with E-state index in [4.69, 9.17) is 10.5 Å². The number of carbonyl (C=O) groups is 1. The van der Waals surface area contributed by atoms with Gasteiger partial charge < -0.3 is 15.8 Å². The zero-order valence-electron chi connectivity index (χ0n) is 10.7. The molecule has 18 heavy (non-hydrogen) atoms. The Morgan fingerprint density at radius 1 is 1.50 bits per heavy atom. The van der Waals surface area contributed by atoms with Crippen LogP contribution in [-0.4, -0.2) is 28.2 Å². The highest BCUT2D eigenvalue weighted by Gasteiger charge is 2.12. The highest BCUT2D eigenvalue weighted by Crippen LogP contribution is 2.23. The van der Waals surface area contributed by atoms with Gasteiger partial charge in [0.05, 0.1) is 18.5 Å². The van der Waals surface area contributed by atoms with Gasteiger partial charge in [-0.05, 0) is 12.1 Å². The van der Waals surface area contributed by atoms with E-state index in [1.807, 2.05) is 13.8 Å². The van der Waals surface area contributed by atoms with Gasteiger partial charge in [0.1, 0.15) is 11.5 Å². The van der Waals surface area contributed by atoms with Crippen LogP contribution in [0.15, 0.2) is 18.2 Å². The van der Waals surface area contributed by atoms with Crippen LogP contribution in [0.3, 0.4) is 0 Å². The molecule has 1 rings (SSSR count). The molecular formula is C12H18N2O3S. The summed E-state index contributed by atoms with van der Waals surface area (Å²) in [5.74, 6) is 0.290. The third kappa shape index (κ3) is 4.03. The molecule has 1 atom stereocenters. The van der Waals surface area contributed by atoms with Crippen molar-refractivity contribution in [3.05, 3.63) is 18.2 Å². The van der Waals surface area contributed by atoms with Gasteiger partial charge in [-0.25, -0.2) is 0 Å². The summed E-state index contributed by atoms with van der Waals surface area (Å²) < 4.78 is 16.5. The lowest BCUT2D eigenvalue weighted by Gasteiger charge is -2.10. The van der Waals surface area contributed by atoms with Crippen LogP contribution in [0.5, 0.6) is 5.75 Å². The third-order valence-corrected chi connectivity index (χ3v) is 3.93. The molecule has 0 saturated carbocycles. The van der Waals surface area contributed by atoms with Crippen LogP contribution in [0, 0.1) is 0 Å². The second-order valence-electron chi connectivity index (χ2n) is 4.08. The van der Waals surface area contributed by atoms with E-state index < -0.39 is 10.8 Å². The Labute approximate surface area is 109 Å². The molecule has 1 unspecified atom stereocenters. The van der Waals surface area contributed by atoms with Crippen molar-refractivity contribution in [2.24, 2.45) is 0 Å². The molecule has 0 aliphatic rings. The number of carbonyl (C=O) groups excluding carboxylic acids is 1. The number of anilines is 2. The molecule has 5 nitrogen and oxygen atoms in total. The molecule has 3 N–H and O–H groups in total. The smallest absolute Gasteiger partial charge is 0.237 e. The fourth-order valence-corrected chi connectivity index (χ4v) is 1.93. The second kappa shape index (κ2) is 6.39. The Morgan fingerprint density at radius 2 is 2.17 bits per heavy atom. The summed E-state index contributed by atoms with van der Waals surface area (Å²) in [6, 6.07) is 4.98. The molecule has 100 valence electrons. The van der Waals surface area contributed by atoms with Gasteiger partial charge in [0, 0.05) is 22.1 Å². The zero-order chi connectivity index (χ0) is 13.7. The van der Waals surface area contributed by atoms with Crippen molar-refractivity contribution in [2.75, 3.05) is 23.9 Å². The number of rotatable bonds is 5. The first-order chi connectivity index (χ1) is 8.43. The molecule has 0 spiro atoms. The molecule has 6 heteroatoms. The predicted molar refractivity (Wildman–Crippen MR) is 74.2 cm³/mol. The lowest BCUT2D eigenvalue weighted by molar-refractivity contribution is -0.113. The average molecular weight is 270 g/mol. The van der Waals surface area contributed by atoms with Gasteiger partial charge in [0.25, 0.3) is 0 Å². The number of hydrogen-bond acceptors (Lipinski definition) is 4. The van der Waals surface area contributed by atoms with Crippen LogP contribution in [-0.2, 0) is 15.6 Å². The number of hydrogen-bond donors (Lipinski definition) is 2. The van der Waals surface area contributed by atoms with Gasteiger partial charge >= 0.3 is 0 Å². The van der Waals surface area contributed by atoms with Gasteiger partial charge in [0.2, 0.25) is 5.91 Å². The largest absolute Gasteiger partial charge is 0.497 e. The number of amides is 1. The summed E-state index contributed by atoms with van der Waals surface area (Å²) in [5, 5.41) is 2.60. The van der Waals surface area contributed by atoms with E-state index in [9.17, 15) is 9.00 Å².